The van der Waals surface area contributed by atoms with Crippen molar-refractivity contribution in [3.8, 4) is 5.75 Å². The number of carbonyl (C=O) groups excluding carboxylic acids is 4. The van der Waals surface area contributed by atoms with Crippen molar-refractivity contribution in [2.75, 3.05) is 0 Å². The summed E-state index contributed by atoms with van der Waals surface area (Å²) in [6, 6.07) is 21.0. The van der Waals surface area contributed by atoms with Gasteiger partial charge in [0, 0.05) is 18.0 Å². The number of benzene rings is 3. The Bertz CT molecular complexity index is 1210. The molecule has 0 aliphatic heterocycles. The normalized spacial score (nSPS) is 9.36. The van der Waals surface area contributed by atoms with E-state index in [0.29, 0.717) is 41.4 Å². The van der Waals surface area contributed by atoms with E-state index in [0.717, 1.165) is 11.1 Å². The summed E-state index contributed by atoms with van der Waals surface area (Å²) < 4.78 is 5.38. The monoisotopic (exact) mass is 530 g/mol. The lowest BCUT2D eigenvalue weighted by Gasteiger charge is -2.09. The third-order valence-electron chi connectivity index (χ3n) is 4.55. The van der Waals surface area contributed by atoms with E-state index in [-0.39, 0.29) is 30.4 Å². The van der Waals surface area contributed by atoms with Gasteiger partial charge in [0.05, 0.1) is 11.3 Å². The van der Waals surface area contributed by atoms with Crippen LogP contribution in [0.2, 0.25) is 5.02 Å². The molecule has 0 aliphatic carbocycles. The average Bonchev–Trinajstić information content (AvgIpc) is 2.83. The van der Waals surface area contributed by atoms with Crippen molar-refractivity contribution in [1.82, 2.24) is 5.32 Å². The van der Waals surface area contributed by atoms with Gasteiger partial charge < -0.3 is 21.5 Å². The summed E-state index contributed by atoms with van der Waals surface area (Å²) in [6.07, 6.45) is 1.02. The quantitative estimate of drug-likeness (QED) is 0.174. The fraction of sp³-hybridized carbons (Fsp3) is 0.120. The van der Waals surface area contributed by atoms with Crippen molar-refractivity contribution in [3.05, 3.63) is 94.5 Å². The van der Waals surface area contributed by atoms with Crippen LogP contribution in [0, 0.1) is 0 Å². The fourth-order valence-corrected chi connectivity index (χ4v) is 3.18. The number of halogens is 2. The highest BCUT2D eigenvalue weighted by Crippen LogP contribution is 2.25. The summed E-state index contributed by atoms with van der Waals surface area (Å²) in [5, 5.41) is 3.31. The number of hydrogen-bond acceptors (Lipinski definition) is 6. The van der Waals surface area contributed by atoms with E-state index >= 15 is 0 Å². The molecule has 188 valence electrons. The zero-order valence-corrected chi connectivity index (χ0v) is 20.6. The molecule has 0 atom stereocenters. The van der Waals surface area contributed by atoms with Crippen LogP contribution in [0.5, 0.6) is 5.75 Å². The molecule has 0 saturated heterocycles. The highest BCUT2D eigenvalue weighted by Gasteiger charge is 2.11. The first kappa shape index (κ1) is 29.9. The molecule has 5 N–H and O–H groups in total. The number of hydrogen-bond donors (Lipinski definition) is 3. The van der Waals surface area contributed by atoms with E-state index in [2.05, 4.69) is 10.3 Å². The Balaban J connectivity index is 0.00000154. The number of guanidine groups is 1. The molecule has 0 fully saturated rings. The Morgan fingerprint density at radius 1 is 0.972 bits per heavy atom. The van der Waals surface area contributed by atoms with Crippen LogP contribution in [-0.2, 0) is 27.3 Å². The van der Waals surface area contributed by atoms with E-state index in [1.54, 1.807) is 42.5 Å². The van der Waals surface area contributed by atoms with Crippen LogP contribution < -0.4 is 21.5 Å². The van der Waals surface area contributed by atoms with Crippen LogP contribution in [0.25, 0.3) is 0 Å². The number of ether oxygens (including phenoxy) is 1. The zero-order chi connectivity index (χ0) is 25.6. The van der Waals surface area contributed by atoms with E-state index < -0.39 is 5.97 Å². The minimum absolute atomic E-state index is 0. The van der Waals surface area contributed by atoms with E-state index in [1.807, 2.05) is 30.3 Å². The topological polar surface area (TPSA) is 154 Å². The first-order valence-electron chi connectivity index (χ1n) is 10.3. The second-order valence-corrected chi connectivity index (χ2v) is 7.48. The van der Waals surface area contributed by atoms with Crippen LogP contribution in [0.1, 0.15) is 27.9 Å². The lowest BCUT2D eigenvalue weighted by atomic mass is 10.1. The van der Waals surface area contributed by atoms with Crippen molar-refractivity contribution >= 4 is 53.7 Å². The standard InChI is InChI=1S/C24H23ClN4O3.CO2.ClH/c25-21-14-20(32-23(31)18-6-10-19(11-7-18)29-24(26)27)12-8-17(21)9-13-22(30)28-15-16-4-2-1-3-5-16;2-1-3;/h1-8,10-12,14H,9,13,15H2,(H,28,30)(H4,26,27,29);;1H. The molecule has 0 bridgehead atoms. The highest BCUT2D eigenvalue weighted by molar-refractivity contribution is 6.31. The number of esters is 1. The smallest absolute Gasteiger partial charge is 0.373 e. The summed E-state index contributed by atoms with van der Waals surface area (Å²) in [6.45, 7) is 0.481. The van der Waals surface area contributed by atoms with Gasteiger partial charge in [-0.25, -0.2) is 9.79 Å². The van der Waals surface area contributed by atoms with E-state index in [4.69, 9.17) is 37.4 Å². The molecule has 1 amide bonds. The average molecular weight is 531 g/mol. The summed E-state index contributed by atoms with van der Waals surface area (Å²) in [4.78, 5) is 44.6. The third kappa shape index (κ3) is 10.4. The van der Waals surface area contributed by atoms with Crippen molar-refractivity contribution in [2.45, 2.75) is 19.4 Å². The Labute approximate surface area is 218 Å². The fourth-order valence-electron chi connectivity index (χ4n) is 2.91. The Morgan fingerprint density at radius 2 is 1.61 bits per heavy atom. The van der Waals surface area contributed by atoms with Gasteiger partial charge in [-0.05, 0) is 53.9 Å². The Hall–Kier alpha value is -4.17. The Kier molecular flexibility index (Phi) is 13.0. The molecule has 0 radical (unpaired) electrons. The number of rotatable bonds is 8. The number of amides is 1. The zero-order valence-electron chi connectivity index (χ0n) is 19.0. The van der Waals surface area contributed by atoms with E-state index in [1.165, 1.54) is 0 Å². The predicted octanol–water partition coefficient (Wildman–Crippen LogP) is 3.55. The number of carbonyl (C=O) groups is 2. The molecule has 3 aromatic rings. The van der Waals surface area contributed by atoms with Gasteiger partial charge in [-0.3, -0.25) is 4.79 Å². The van der Waals surface area contributed by atoms with Crippen LogP contribution in [0.4, 0.5) is 5.69 Å². The summed E-state index contributed by atoms with van der Waals surface area (Å²) in [7, 11) is 0. The van der Waals surface area contributed by atoms with Gasteiger partial charge in [-0.1, -0.05) is 48.0 Å². The van der Waals surface area contributed by atoms with Gasteiger partial charge in [-0.15, -0.1) is 12.4 Å². The number of aryl methyl sites for hydroxylation is 1. The molecule has 0 saturated carbocycles. The molecule has 11 heteroatoms. The van der Waals surface area contributed by atoms with Gasteiger partial charge in [0.2, 0.25) is 5.91 Å². The molecule has 9 nitrogen and oxygen atoms in total. The first-order chi connectivity index (χ1) is 16.8. The van der Waals surface area contributed by atoms with Gasteiger partial charge in [0.15, 0.2) is 5.96 Å². The third-order valence-corrected chi connectivity index (χ3v) is 4.90. The number of nitrogens with two attached hydrogens (primary N) is 2. The highest BCUT2D eigenvalue weighted by atomic mass is 35.5. The molecular weight excluding hydrogens is 507 g/mol. The Morgan fingerprint density at radius 3 is 2.19 bits per heavy atom. The predicted molar refractivity (Wildman–Crippen MR) is 137 cm³/mol. The van der Waals surface area contributed by atoms with Crippen LogP contribution in [0.15, 0.2) is 77.8 Å². The van der Waals surface area contributed by atoms with Gasteiger partial charge in [0.1, 0.15) is 5.75 Å². The molecule has 0 aliphatic rings. The maximum Gasteiger partial charge on any atom is 0.373 e. The maximum atomic E-state index is 12.3. The van der Waals surface area contributed by atoms with Crippen LogP contribution in [0.3, 0.4) is 0 Å². The lowest BCUT2D eigenvalue weighted by molar-refractivity contribution is -0.191. The molecule has 0 unspecified atom stereocenters. The SMILES string of the molecule is Cl.NC(N)=Nc1ccc(C(=O)Oc2ccc(CCC(=O)NCc3ccccc3)c(Cl)c2)cc1.O=C=O. The van der Waals surface area contributed by atoms with Gasteiger partial charge in [0.25, 0.3) is 0 Å². The van der Waals surface area contributed by atoms with Crippen molar-refractivity contribution in [2.24, 2.45) is 16.5 Å². The summed E-state index contributed by atoms with van der Waals surface area (Å²) >= 11 is 6.32. The lowest BCUT2D eigenvalue weighted by Crippen LogP contribution is -2.22. The number of aliphatic imine (C=N–C) groups is 1. The van der Waals surface area contributed by atoms with Crippen molar-refractivity contribution in [1.29, 1.82) is 0 Å². The van der Waals surface area contributed by atoms with Crippen molar-refractivity contribution < 1.29 is 23.9 Å². The summed E-state index contributed by atoms with van der Waals surface area (Å²) in [5.41, 5.74) is 13.4. The molecule has 3 aromatic carbocycles. The molecule has 3 rings (SSSR count). The van der Waals surface area contributed by atoms with Crippen molar-refractivity contribution in [3.63, 3.8) is 0 Å². The van der Waals surface area contributed by atoms with Crippen LogP contribution in [-0.4, -0.2) is 24.0 Å². The molecule has 36 heavy (non-hydrogen) atoms. The number of nitrogens with zero attached hydrogens (tertiary/aromatic N) is 1. The van der Waals surface area contributed by atoms with Crippen LogP contribution >= 0.6 is 24.0 Å². The molecule has 0 aromatic heterocycles. The second kappa shape index (κ2) is 15.7. The first-order valence-corrected chi connectivity index (χ1v) is 10.7. The molecule has 0 spiro atoms. The largest absolute Gasteiger partial charge is 0.423 e. The minimum Gasteiger partial charge on any atom is -0.423 e. The van der Waals surface area contributed by atoms with Gasteiger partial charge in [-0.2, -0.15) is 9.59 Å². The van der Waals surface area contributed by atoms with E-state index in [9.17, 15) is 9.59 Å². The number of nitrogens with one attached hydrogen (secondary N) is 1. The molecule has 0 heterocycles. The second-order valence-electron chi connectivity index (χ2n) is 7.07. The summed E-state index contributed by atoms with van der Waals surface area (Å²) in [5.74, 6) is -0.357. The minimum atomic E-state index is -0.537. The van der Waals surface area contributed by atoms with Gasteiger partial charge >= 0.3 is 12.1 Å². The molecular formula is C25H24Cl2N4O5. The maximum absolute atomic E-state index is 12.3.